The van der Waals surface area contributed by atoms with Crippen LogP contribution >= 0.6 is 0 Å². The lowest BCUT2D eigenvalue weighted by molar-refractivity contribution is 0.171. The van der Waals surface area contributed by atoms with E-state index >= 15 is 0 Å². The molecule has 0 unspecified atom stereocenters. The molecule has 1 saturated carbocycles. The van der Waals surface area contributed by atoms with Crippen LogP contribution in [0, 0.1) is 11.7 Å². The van der Waals surface area contributed by atoms with Gasteiger partial charge in [0.15, 0.2) is 11.5 Å². The molecule has 3 N–H and O–H groups in total. The number of nitrogens with two attached hydrogens (primary N) is 1. The van der Waals surface area contributed by atoms with Crippen molar-refractivity contribution in [3.63, 3.8) is 0 Å². The zero-order chi connectivity index (χ0) is 24.9. The molecule has 0 bridgehead atoms. The van der Waals surface area contributed by atoms with Crippen LogP contribution in [0.3, 0.4) is 0 Å². The number of rotatable bonds is 4. The Morgan fingerprint density at radius 2 is 1.83 bits per heavy atom. The first-order valence-electron chi connectivity index (χ1n) is 12.5. The smallest absolute Gasteiger partial charge is 0.246 e. The summed E-state index contributed by atoms with van der Waals surface area (Å²) in [7, 11) is 0. The molecule has 0 amide bonds. The van der Waals surface area contributed by atoms with E-state index < -0.39 is 5.60 Å². The summed E-state index contributed by atoms with van der Waals surface area (Å²) >= 11 is 0. The van der Waals surface area contributed by atoms with Gasteiger partial charge in [-0.3, -0.25) is 0 Å². The normalized spacial score (nSPS) is 21.0. The summed E-state index contributed by atoms with van der Waals surface area (Å²) in [5, 5.41) is 0. The maximum absolute atomic E-state index is 13.5. The molecule has 36 heavy (non-hydrogen) atoms. The number of fused-ring (bicyclic) bond motifs is 2. The molecule has 7 nitrogen and oxygen atoms in total. The summed E-state index contributed by atoms with van der Waals surface area (Å²) < 4.78 is 19.6. The minimum Gasteiger partial charge on any atom is -0.463 e. The number of aromatic amines is 1. The number of halogens is 1. The van der Waals surface area contributed by atoms with Gasteiger partial charge in [0.25, 0.3) is 0 Å². The number of hydrogen-bond acceptors (Lipinski definition) is 6. The molecule has 0 spiro atoms. The molecule has 1 aliphatic carbocycles. The van der Waals surface area contributed by atoms with Crippen molar-refractivity contribution in [1.29, 1.82) is 0 Å². The fourth-order valence-corrected chi connectivity index (χ4v) is 5.52. The van der Waals surface area contributed by atoms with Crippen molar-refractivity contribution in [3.05, 3.63) is 71.6 Å². The first-order valence-corrected chi connectivity index (χ1v) is 12.5. The van der Waals surface area contributed by atoms with Crippen LogP contribution in [0.2, 0.25) is 0 Å². The number of H-pyrrole nitrogens is 1. The second-order valence-electron chi connectivity index (χ2n) is 10.4. The van der Waals surface area contributed by atoms with Gasteiger partial charge in [-0.15, -0.1) is 0 Å². The number of nitrogens with one attached hydrogen (secondary N) is 1. The molecule has 0 saturated heterocycles. The third kappa shape index (κ3) is 4.21. The molecular weight excluding hydrogens is 455 g/mol. The lowest BCUT2D eigenvalue weighted by atomic mass is 9.77. The quantitative estimate of drug-likeness (QED) is 0.376. The Balaban J connectivity index is 1.13. The highest BCUT2D eigenvalue weighted by Gasteiger charge is 2.35. The van der Waals surface area contributed by atoms with Gasteiger partial charge in [0.1, 0.15) is 23.6 Å². The molecule has 4 aromatic rings. The highest BCUT2D eigenvalue weighted by molar-refractivity contribution is 6.09. The molecule has 8 heteroatoms. The third-order valence-electron chi connectivity index (χ3n) is 7.44. The molecule has 2 aliphatic rings. The predicted octanol–water partition coefficient (Wildman–Crippen LogP) is 5.88. The van der Waals surface area contributed by atoms with Crippen molar-refractivity contribution in [1.82, 2.24) is 19.9 Å². The number of ether oxygens (including phenoxy) is 1. The first kappa shape index (κ1) is 22.6. The van der Waals surface area contributed by atoms with Crippen LogP contribution < -0.4 is 10.5 Å². The monoisotopic (exact) mass is 484 g/mol. The molecule has 1 aliphatic heterocycles. The van der Waals surface area contributed by atoms with Gasteiger partial charge in [0, 0.05) is 12.0 Å². The fraction of sp³-hybridized carbons (Fsp3) is 0.357. The standard InChI is InChI=1S/C28H29FN6O/c1-28(2)25(35-24-26(30)31-15-32-27(24)36-28)19-9-7-18(8-10-19)17-5-3-16(4-6-17)13-23-33-21-12-11-20(29)14-22(21)34-23/h7-12,14-17H,3-6,13H2,1-2H3,(H,33,34)(H2,30,31,32). The van der Waals surface area contributed by atoms with Crippen molar-refractivity contribution < 1.29 is 9.13 Å². The molecule has 6 rings (SSSR count). The third-order valence-corrected chi connectivity index (χ3v) is 7.44. The van der Waals surface area contributed by atoms with Gasteiger partial charge in [-0.1, -0.05) is 24.3 Å². The minimum absolute atomic E-state index is 0.237. The zero-order valence-electron chi connectivity index (χ0n) is 20.5. The van der Waals surface area contributed by atoms with E-state index in [0.717, 1.165) is 60.2 Å². The summed E-state index contributed by atoms with van der Waals surface area (Å²) in [4.78, 5) is 21.0. The average molecular weight is 485 g/mol. The van der Waals surface area contributed by atoms with Crippen molar-refractivity contribution in [2.45, 2.75) is 57.5 Å². The molecule has 0 radical (unpaired) electrons. The van der Waals surface area contributed by atoms with E-state index in [4.69, 9.17) is 15.5 Å². The van der Waals surface area contributed by atoms with E-state index in [1.54, 1.807) is 6.07 Å². The van der Waals surface area contributed by atoms with Crippen LogP contribution in [0.25, 0.3) is 11.0 Å². The number of nitrogens with zero attached hydrogens (tertiary/aromatic N) is 4. The van der Waals surface area contributed by atoms with Crippen molar-refractivity contribution in [2.75, 3.05) is 5.73 Å². The summed E-state index contributed by atoms with van der Waals surface area (Å²) in [5.41, 5.74) is 10.7. The Bertz CT molecular complexity index is 1450. The van der Waals surface area contributed by atoms with Crippen LogP contribution in [0.1, 0.15) is 62.4 Å². The summed E-state index contributed by atoms with van der Waals surface area (Å²) in [6.45, 7) is 3.97. The van der Waals surface area contributed by atoms with Crippen LogP contribution in [0.4, 0.5) is 15.9 Å². The zero-order valence-corrected chi connectivity index (χ0v) is 20.5. The Kier molecular flexibility index (Phi) is 5.47. The van der Waals surface area contributed by atoms with E-state index in [2.05, 4.69) is 44.2 Å². The summed E-state index contributed by atoms with van der Waals surface area (Å²) in [6, 6.07) is 13.4. The highest BCUT2D eigenvalue weighted by Crippen LogP contribution is 2.40. The number of aliphatic imine (C=N–C) groups is 1. The molecular formula is C28H29FN6O. The Hall–Kier alpha value is -3.81. The van der Waals surface area contributed by atoms with Gasteiger partial charge >= 0.3 is 0 Å². The van der Waals surface area contributed by atoms with Crippen LogP contribution in [-0.2, 0) is 6.42 Å². The van der Waals surface area contributed by atoms with Crippen molar-refractivity contribution in [2.24, 2.45) is 10.9 Å². The predicted molar refractivity (Wildman–Crippen MR) is 138 cm³/mol. The summed E-state index contributed by atoms with van der Waals surface area (Å²) in [6.07, 6.45) is 6.91. The second kappa shape index (κ2) is 8.69. The van der Waals surface area contributed by atoms with E-state index in [1.165, 1.54) is 24.0 Å². The Morgan fingerprint density at radius 3 is 2.61 bits per heavy atom. The van der Waals surface area contributed by atoms with Gasteiger partial charge in [0.2, 0.25) is 5.88 Å². The van der Waals surface area contributed by atoms with Crippen LogP contribution in [0.5, 0.6) is 5.88 Å². The van der Waals surface area contributed by atoms with Crippen molar-refractivity contribution >= 4 is 28.3 Å². The Labute approximate surface area is 209 Å². The highest BCUT2D eigenvalue weighted by atomic mass is 19.1. The van der Waals surface area contributed by atoms with Gasteiger partial charge in [-0.25, -0.2) is 19.4 Å². The molecule has 3 heterocycles. The first-order chi connectivity index (χ1) is 17.4. The van der Waals surface area contributed by atoms with Gasteiger partial charge < -0.3 is 15.5 Å². The van der Waals surface area contributed by atoms with E-state index in [-0.39, 0.29) is 5.82 Å². The molecule has 184 valence electrons. The lowest BCUT2D eigenvalue weighted by Gasteiger charge is -2.32. The number of hydrogen-bond donors (Lipinski definition) is 2. The number of imidazole rings is 1. The topological polar surface area (TPSA) is 102 Å². The van der Waals surface area contributed by atoms with E-state index in [1.807, 2.05) is 13.8 Å². The Morgan fingerprint density at radius 1 is 1.06 bits per heavy atom. The SMILES string of the molecule is CC1(C)Oc2ncnc(N)c2N=C1c1ccc(C2CCC(Cc3nc4ccc(F)cc4[nH]3)CC2)cc1. The maximum atomic E-state index is 13.5. The molecule has 2 aromatic heterocycles. The molecule has 1 fully saturated rings. The fourth-order valence-electron chi connectivity index (χ4n) is 5.52. The number of benzene rings is 2. The van der Waals surface area contributed by atoms with E-state index in [9.17, 15) is 4.39 Å². The summed E-state index contributed by atoms with van der Waals surface area (Å²) in [5.74, 6) is 2.58. The van der Waals surface area contributed by atoms with E-state index in [0.29, 0.717) is 29.2 Å². The van der Waals surface area contributed by atoms with Crippen LogP contribution in [0.15, 0.2) is 53.8 Å². The molecule has 0 atom stereocenters. The van der Waals surface area contributed by atoms with Gasteiger partial charge in [-0.2, -0.15) is 4.98 Å². The number of anilines is 1. The second-order valence-corrected chi connectivity index (χ2v) is 10.4. The maximum Gasteiger partial charge on any atom is 0.246 e. The minimum atomic E-state index is -0.629. The molecule has 2 aromatic carbocycles. The largest absolute Gasteiger partial charge is 0.463 e. The lowest BCUT2D eigenvalue weighted by Crippen LogP contribution is -2.41. The average Bonchev–Trinajstić information content (AvgIpc) is 3.25. The number of nitrogen functional groups attached to an aromatic ring is 1. The number of aromatic nitrogens is 4. The van der Waals surface area contributed by atoms with Gasteiger partial charge in [-0.05, 0) is 75.1 Å². The van der Waals surface area contributed by atoms with Gasteiger partial charge in [0.05, 0.1) is 16.7 Å². The van der Waals surface area contributed by atoms with Crippen molar-refractivity contribution in [3.8, 4) is 5.88 Å². The van der Waals surface area contributed by atoms with Crippen LogP contribution in [-0.4, -0.2) is 31.2 Å².